The SMILES string of the molecule is C[C@H](O)C#Cc1ccc2c(c1)O[C@@H](CN(C)C(=O)C1CCC1)[C@H](C)CN([C@H](C)CO)S2(=O)=O. The Morgan fingerprint density at radius 2 is 2.03 bits per heavy atom. The minimum absolute atomic E-state index is 0.00438. The summed E-state index contributed by atoms with van der Waals surface area (Å²) in [5, 5.41) is 19.2. The first kappa shape index (κ1) is 25.5. The number of carbonyl (C=O) groups excluding carboxylic acids is 1. The molecule has 4 atom stereocenters. The Morgan fingerprint density at radius 1 is 1.33 bits per heavy atom. The van der Waals surface area contributed by atoms with Gasteiger partial charge in [-0.15, -0.1) is 0 Å². The van der Waals surface area contributed by atoms with E-state index in [1.165, 1.54) is 10.4 Å². The summed E-state index contributed by atoms with van der Waals surface area (Å²) in [5.41, 5.74) is 0.512. The molecule has 1 aliphatic carbocycles. The summed E-state index contributed by atoms with van der Waals surface area (Å²) in [6, 6.07) is 3.96. The Kier molecular flexibility index (Phi) is 8.06. The zero-order valence-electron chi connectivity index (χ0n) is 19.7. The summed E-state index contributed by atoms with van der Waals surface area (Å²) < 4.78 is 34.5. The average Bonchev–Trinajstić information content (AvgIpc) is 2.72. The summed E-state index contributed by atoms with van der Waals surface area (Å²) in [6.07, 6.45) is 1.59. The Morgan fingerprint density at radius 3 is 2.61 bits per heavy atom. The number of aliphatic hydroxyl groups excluding tert-OH is 2. The highest BCUT2D eigenvalue weighted by Crippen LogP contribution is 2.34. The molecule has 1 aliphatic heterocycles. The first-order chi connectivity index (χ1) is 15.5. The summed E-state index contributed by atoms with van der Waals surface area (Å²) >= 11 is 0. The van der Waals surface area contributed by atoms with Crippen molar-refractivity contribution in [3.63, 3.8) is 0 Å². The van der Waals surface area contributed by atoms with E-state index in [-0.39, 0.29) is 41.5 Å². The molecule has 0 saturated heterocycles. The highest BCUT2D eigenvalue weighted by molar-refractivity contribution is 7.89. The molecule has 2 N–H and O–H groups in total. The Balaban J connectivity index is 2.01. The molecule has 1 fully saturated rings. The molecule has 0 aromatic heterocycles. The summed E-state index contributed by atoms with van der Waals surface area (Å²) in [7, 11) is -2.19. The lowest BCUT2D eigenvalue weighted by molar-refractivity contribution is -0.138. The van der Waals surface area contributed by atoms with Crippen LogP contribution in [0.15, 0.2) is 23.1 Å². The number of amides is 1. The van der Waals surface area contributed by atoms with E-state index in [1.807, 2.05) is 6.92 Å². The fourth-order valence-corrected chi connectivity index (χ4v) is 5.86. The minimum Gasteiger partial charge on any atom is -0.487 e. The molecule has 3 rings (SSSR count). The van der Waals surface area contributed by atoms with Gasteiger partial charge >= 0.3 is 0 Å². The Bertz CT molecular complexity index is 1030. The normalized spacial score (nSPS) is 24.5. The van der Waals surface area contributed by atoms with Gasteiger partial charge < -0.3 is 19.8 Å². The van der Waals surface area contributed by atoms with Crippen molar-refractivity contribution in [1.29, 1.82) is 0 Å². The topological polar surface area (TPSA) is 107 Å². The van der Waals surface area contributed by atoms with Crippen LogP contribution in [0.3, 0.4) is 0 Å². The van der Waals surface area contributed by atoms with E-state index in [9.17, 15) is 23.4 Å². The third-order valence-electron chi connectivity index (χ3n) is 6.38. The van der Waals surface area contributed by atoms with Gasteiger partial charge in [-0.05, 0) is 44.9 Å². The second-order valence-electron chi connectivity index (χ2n) is 9.19. The van der Waals surface area contributed by atoms with Crippen LogP contribution >= 0.6 is 0 Å². The van der Waals surface area contributed by atoms with Gasteiger partial charge in [0.25, 0.3) is 0 Å². The number of aliphatic hydroxyl groups is 2. The molecule has 0 unspecified atom stereocenters. The van der Waals surface area contributed by atoms with Crippen LogP contribution in [0, 0.1) is 23.7 Å². The molecule has 33 heavy (non-hydrogen) atoms. The lowest BCUT2D eigenvalue weighted by atomic mass is 9.84. The average molecular weight is 479 g/mol. The van der Waals surface area contributed by atoms with Crippen LogP contribution in [0.4, 0.5) is 0 Å². The molecule has 0 spiro atoms. The number of carbonyl (C=O) groups is 1. The zero-order chi connectivity index (χ0) is 24.3. The predicted octanol–water partition coefficient (Wildman–Crippen LogP) is 1.45. The quantitative estimate of drug-likeness (QED) is 0.621. The molecular formula is C24H34N2O6S. The van der Waals surface area contributed by atoms with Gasteiger partial charge in [0.05, 0.1) is 13.2 Å². The van der Waals surface area contributed by atoms with Gasteiger partial charge in [-0.2, -0.15) is 4.31 Å². The first-order valence-electron chi connectivity index (χ1n) is 11.4. The maximum Gasteiger partial charge on any atom is 0.247 e. The summed E-state index contributed by atoms with van der Waals surface area (Å²) in [6.45, 7) is 5.26. The number of ether oxygens (including phenoxy) is 1. The van der Waals surface area contributed by atoms with E-state index in [0.717, 1.165) is 19.3 Å². The second-order valence-corrected chi connectivity index (χ2v) is 11.1. The number of rotatable bonds is 5. The van der Waals surface area contributed by atoms with Gasteiger partial charge in [0.1, 0.15) is 22.9 Å². The fourth-order valence-electron chi connectivity index (χ4n) is 4.04. The highest BCUT2D eigenvalue weighted by Gasteiger charge is 2.39. The van der Waals surface area contributed by atoms with Gasteiger partial charge in [-0.1, -0.05) is 25.2 Å². The van der Waals surface area contributed by atoms with Crippen LogP contribution in [0.5, 0.6) is 5.75 Å². The van der Waals surface area contributed by atoms with Crippen molar-refractivity contribution in [1.82, 2.24) is 9.21 Å². The lowest BCUT2D eigenvalue weighted by Gasteiger charge is -2.38. The number of likely N-dealkylation sites (N-methyl/N-ethyl adjacent to an activating group) is 1. The van der Waals surface area contributed by atoms with Crippen molar-refractivity contribution >= 4 is 15.9 Å². The van der Waals surface area contributed by atoms with Gasteiger partial charge in [-0.25, -0.2) is 8.42 Å². The van der Waals surface area contributed by atoms with E-state index in [4.69, 9.17) is 4.74 Å². The number of nitrogens with zero attached hydrogens (tertiary/aromatic N) is 2. The van der Waals surface area contributed by atoms with E-state index in [0.29, 0.717) is 12.1 Å². The third-order valence-corrected chi connectivity index (χ3v) is 8.40. The zero-order valence-corrected chi connectivity index (χ0v) is 20.5. The standard InChI is InChI=1S/C24H34N2O6S/c1-16-13-26(17(2)15-27)33(30,31)23-11-10-19(9-8-18(3)28)12-21(23)32-22(16)14-25(4)24(29)20-6-5-7-20/h10-12,16-18,20,22,27-28H,5-7,13-15H2,1-4H3/t16-,17-,18+,22+/m1/s1. The van der Waals surface area contributed by atoms with Crippen LogP contribution in [0.25, 0.3) is 0 Å². The Labute approximate surface area is 196 Å². The van der Waals surface area contributed by atoms with Gasteiger partial charge in [0.15, 0.2) is 0 Å². The molecule has 9 heteroatoms. The van der Waals surface area contributed by atoms with Crippen molar-refractivity contribution in [2.75, 3.05) is 26.7 Å². The van der Waals surface area contributed by atoms with Crippen LogP contribution in [-0.2, 0) is 14.8 Å². The molecule has 182 valence electrons. The maximum atomic E-state index is 13.5. The van der Waals surface area contributed by atoms with Gasteiger partial charge in [0, 0.05) is 37.0 Å². The first-order valence-corrected chi connectivity index (χ1v) is 12.9. The smallest absolute Gasteiger partial charge is 0.247 e. The summed E-state index contributed by atoms with van der Waals surface area (Å²) in [5.74, 6) is 5.53. The maximum absolute atomic E-state index is 13.5. The molecule has 1 saturated carbocycles. The molecule has 1 aromatic carbocycles. The van der Waals surface area contributed by atoms with Crippen LogP contribution < -0.4 is 4.74 Å². The number of fused-ring (bicyclic) bond motifs is 1. The van der Waals surface area contributed by atoms with Gasteiger partial charge in [0.2, 0.25) is 15.9 Å². The molecule has 1 aromatic rings. The second kappa shape index (κ2) is 10.4. The van der Waals surface area contributed by atoms with Crippen LogP contribution in [-0.4, -0.2) is 78.7 Å². The summed E-state index contributed by atoms with van der Waals surface area (Å²) in [4.78, 5) is 14.4. The number of benzene rings is 1. The van der Waals surface area contributed by atoms with Crippen LogP contribution in [0.1, 0.15) is 45.6 Å². The molecule has 0 bridgehead atoms. The lowest BCUT2D eigenvalue weighted by Crippen LogP contribution is -2.50. The Hall–Kier alpha value is -2.12. The van der Waals surface area contributed by atoms with E-state index < -0.39 is 28.3 Å². The predicted molar refractivity (Wildman–Crippen MR) is 124 cm³/mol. The van der Waals surface area contributed by atoms with E-state index in [2.05, 4.69) is 11.8 Å². The van der Waals surface area contributed by atoms with Crippen molar-refractivity contribution in [3.8, 4) is 17.6 Å². The van der Waals surface area contributed by atoms with Crippen molar-refractivity contribution in [3.05, 3.63) is 23.8 Å². The largest absolute Gasteiger partial charge is 0.487 e. The van der Waals surface area contributed by atoms with Crippen LogP contribution in [0.2, 0.25) is 0 Å². The molecule has 8 nitrogen and oxygen atoms in total. The molecule has 0 radical (unpaired) electrons. The molecule has 1 amide bonds. The van der Waals surface area contributed by atoms with Crippen molar-refractivity contribution in [2.24, 2.45) is 11.8 Å². The van der Waals surface area contributed by atoms with Crippen molar-refractivity contribution < 1.29 is 28.2 Å². The minimum atomic E-state index is -3.94. The molecule has 2 aliphatic rings. The van der Waals surface area contributed by atoms with E-state index >= 15 is 0 Å². The van der Waals surface area contributed by atoms with Gasteiger partial charge in [-0.3, -0.25) is 4.79 Å². The van der Waals surface area contributed by atoms with Crippen molar-refractivity contribution in [2.45, 2.75) is 63.2 Å². The molecular weight excluding hydrogens is 444 g/mol. The fraction of sp³-hybridized carbons (Fsp3) is 0.625. The number of hydrogen-bond donors (Lipinski definition) is 2. The third kappa shape index (κ3) is 5.69. The highest BCUT2D eigenvalue weighted by atomic mass is 32.2. The molecule has 1 heterocycles. The van der Waals surface area contributed by atoms with E-state index in [1.54, 1.807) is 37.9 Å². The monoisotopic (exact) mass is 478 g/mol. The number of hydrogen-bond acceptors (Lipinski definition) is 6. The number of sulfonamides is 1.